The second-order valence-electron chi connectivity index (χ2n) is 3.44. The van der Waals surface area contributed by atoms with Crippen LogP contribution in [0, 0.1) is 25.7 Å². The van der Waals surface area contributed by atoms with Gasteiger partial charge in [-0.15, -0.1) is 0 Å². The Labute approximate surface area is 91.6 Å². The molecule has 1 aromatic rings. The third-order valence-corrected chi connectivity index (χ3v) is 2.03. The normalized spacial score (nSPS) is 9.27. The van der Waals surface area contributed by atoms with Gasteiger partial charge in [0, 0.05) is 0 Å². The number of hydrogen-bond donors (Lipinski definition) is 1. The van der Waals surface area contributed by atoms with E-state index in [1.807, 2.05) is 20.0 Å². The van der Waals surface area contributed by atoms with Crippen LogP contribution in [0.5, 0.6) is 5.75 Å². The minimum absolute atomic E-state index is 0.450. The fourth-order valence-corrected chi connectivity index (χ4v) is 1.18. The molecule has 0 amide bonds. The van der Waals surface area contributed by atoms with Crippen molar-refractivity contribution in [2.45, 2.75) is 13.8 Å². The van der Waals surface area contributed by atoms with E-state index in [4.69, 9.17) is 4.74 Å². The summed E-state index contributed by atoms with van der Waals surface area (Å²) >= 11 is 0. The molecule has 15 heavy (non-hydrogen) atoms. The molecule has 0 spiro atoms. The highest BCUT2D eigenvalue weighted by atomic mass is 16.5. The van der Waals surface area contributed by atoms with E-state index in [-0.39, 0.29) is 0 Å². The Balaban J connectivity index is 2.51. The van der Waals surface area contributed by atoms with E-state index in [0.717, 1.165) is 11.3 Å². The quantitative estimate of drug-likeness (QED) is 0.758. The first kappa shape index (κ1) is 11.6. The van der Waals surface area contributed by atoms with Crippen molar-refractivity contribution < 1.29 is 4.74 Å². The van der Waals surface area contributed by atoms with Crippen molar-refractivity contribution in [3.8, 4) is 17.6 Å². The second kappa shape index (κ2) is 6.10. The molecule has 0 aliphatic carbocycles. The predicted octanol–water partition coefficient (Wildman–Crippen LogP) is 1.91. The fourth-order valence-electron chi connectivity index (χ4n) is 1.18. The van der Waals surface area contributed by atoms with Crippen LogP contribution in [0.1, 0.15) is 11.1 Å². The van der Waals surface area contributed by atoms with E-state index in [1.54, 1.807) is 0 Å². The molecular weight excluding hydrogens is 186 g/mol. The first-order valence-corrected chi connectivity index (χ1v) is 5.04. The molecule has 1 N–H and O–H groups in total. The zero-order valence-corrected chi connectivity index (χ0v) is 9.55. The van der Waals surface area contributed by atoms with Gasteiger partial charge in [0.15, 0.2) is 0 Å². The smallest absolute Gasteiger partial charge is 0.149 e. The summed E-state index contributed by atoms with van der Waals surface area (Å²) in [6.07, 6.45) is 0. The van der Waals surface area contributed by atoms with E-state index in [1.165, 1.54) is 5.56 Å². The Kier molecular flexibility index (Phi) is 4.73. The van der Waals surface area contributed by atoms with Gasteiger partial charge < -0.3 is 10.1 Å². The van der Waals surface area contributed by atoms with Crippen molar-refractivity contribution in [2.75, 3.05) is 20.2 Å². The largest absolute Gasteiger partial charge is 0.481 e. The Morgan fingerprint density at radius 1 is 1.27 bits per heavy atom. The van der Waals surface area contributed by atoms with Crippen LogP contribution in [0.3, 0.4) is 0 Å². The molecule has 0 saturated carbocycles. The summed E-state index contributed by atoms with van der Waals surface area (Å²) in [7, 11) is 1.88. The van der Waals surface area contributed by atoms with Gasteiger partial charge in [-0.2, -0.15) is 0 Å². The number of rotatable bonds is 3. The molecule has 0 radical (unpaired) electrons. The fraction of sp³-hybridized carbons (Fsp3) is 0.385. The first-order valence-electron chi connectivity index (χ1n) is 5.04. The van der Waals surface area contributed by atoms with Crippen LogP contribution in [-0.2, 0) is 0 Å². The predicted molar refractivity (Wildman–Crippen MR) is 63.1 cm³/mol. The number of aryl methyl sites for hydroxylation is 2. The van der Waals surface area contributed by atoms with Crippen LogP contribution in [0.2, 0.25) is 0 Å². The van der Waals surface area contributed by atoms with Gasteiger partial charge in [-0.1, -0.05) is 24.0 Å². The zero-order valence-electron chi connectivity index (χ0n) is 9.55. The van der Waals surface area contributed by atoms with Crippen LogP contribution >= 0.6 is 0 Å². The molecule has 0 bridgehead atoms. The highest BCUT2D eigenvalue weighted by Crippen LogP contribution is 2.18. The van der Waals surface area contributed by atoms with Gasteiger partial charge in [0.1, 0.15) is 12.4 Å². The molecule has 80 valence electrons. The first-order chi connectivity index (χ1) is 7.24. The summed E-state index contributed by atoms with van der Waals surface area (Å²) in [5.74, 6) is 6.82. The molecule has 0 saturated heterocycles. The summed E-state index contributed by atoms with van der Waals surface area (Å²) in [4.78, 5) is 0. The van der Waals surface area contributed by atoms with Crippen molar-refractivity contribution in [3.63, 3.8) is 0 Å². The van der Waals surface area contributed by atoms with Crippen LogP contribution in [0.25, 0.3) is 0 Å². The van der Waals surface area contributed by atoms with Crippen LogP contribution in [0.4, 0.5) is 0 Å². The van der Waals surface area contributed by atoms with Crippen LogP contribution in [0.15, 0.2) is 18.2 Å². The average Bonchev–Trinajstić information content (AvgIpc) is 2.23. The Bertz CT molecular complexity index is 374. The minimum Gasteiger partial charge on any atom is -0.481 e. The lowest BCUT2D eigenvalue weighted by Gasteiger charge is -2.06. The summed E-state index contributed by atoms with van der Waals surface area (Å²) in [6.45, 7) is 5.25. The molecule has 0 heterocycles. The summed E-state index contributed by atoms with van der Waals surface area (Å²) in [5, 5.41) is 2.96. The topological polar surface area (TPSA) is 21.3 Å². The van der Waals surface area contributed by atoms with E-state index in [0.29, 0.717) is 13.2 Å². The summed E-state index contributed by atoms with van der Waals surface area (Å²) in [6, 6.07) is 6.18. The van der Waals surface area contributed by atoms with Gasteiger partial charge in [-0.05, 0) is 38.1 Å². The molecule has 0 fully saturated rings. The molecule has 0 aromatic heterocycles. The Morgan fingerprint density at radius 3 is 2.80 bits per heavy atom. The molecule has 0 unspecified atom stereocenters. The van der Waals surface area contributed by atoms with Crippen LogP contribution in [-0.4, -0.2) is 20.2 Å². The maximum atomic E-state index is 5.56. The van der Waals surface area contributed by atoms with E-state index in [9.17, 15) is 0 Å². The van der Waals surface area contributed by atoms with Gasteiger partial charge in [0.05, 0.1) is 6.54 Å². The number of hydrogen-bond acceptors (Lipinski definition) is 2. The van der Waals surface area contributed by atoms with Crippen molar-refractivity contribution in [1.82, 2.24) is 5.32 Å². The summed E-state index contributed by atoms with van der Waals surface area (Å²) < 4.78 is 5.56. The number of nitrogens with one attached hydrogen (secondary N) is 1. The van der Waals surface area contributed by atoms with E-state index in [2.05, 4.69) is 36.2 Å². The van der Waals surface area contributed by atoms with Crippen LogP contribution < -0.4 is 10.1 Å². The Morgan fingerprint density at radius 2 is 2.07 bits per heavy atom. The molecule has 0 atom stereocenters. The molecule has 1 aromatic carbocycles. The molecular formula is C13H17NO. The maximum Gasteiger partial charge on any atom is 0.149 e. The lowest BCUT2D eigenvalue weighted by Crippen LogP contribution is -2.05. The lowest BCUT2D eigenvalue weighted by molar-refractivity contribution is 0.367. The highest BCUT2D eigenvalue weighted by molar-refractivity contribution is 5.36. The molecule has 0 aliphatic rings. The lowest BCUT2D eigenvalue weighted by atomic mass is 10.1. The standard InChI is InChI=1S/C13H17NO/c1-11-6-7-12(2)13(10-11)15-9-5-4-8-14-3/h6-7,10,14H,8-9H2,1-3H3. The van der Waals surface area contributed by atoms with Crippen molar-refractivity contribution >= 4 is 0 Å². The van der Waals surface area contributed by atoms with Gasteiger partial charge in [-0.3, -0.25) is 0 Å². The Hall–Kier alpha value is -1.46. The van der Waals surface area contributed by atoms with Crippen molar-refractivity contribution in [2.24, 2.45) is 0 Å². The molecule has 0 aliphatic heterocycles. The SMILES string of the molecule is CNCC#CCOc1cc(C)ccc1C. The van der Waals surface area contributed by atoms with Gasteiger partial charge in [0.25, 0.3) is 0 Å². The van der Waals surface area contributed by atoms with E-state index < -0.39 is 0 Å². The van der Waals surface area contributed by atoms with Gasteiger partial charge >= 0.3 is 0 Å². The van der Waals surface area contributed by atoms with Gasteiger partial charge in [-0.25, -0.2) is 0 Å². The monoisotopic (exact) mass is 203 g/mol. The molecule has 2 nitrogen and oxygen atoms in total. The van der Waals surface area contributed by atoms with Crippen molar-refractivity contribution in [3.05, 3.63) is 29.3 Å². The van der Waals surface area contributed by atoms with Gasteiger partial charge in [0.2, 0.25) is 0 Å². The summed E-state index contributed by atoms with van der Waals surface area (Å²) in [5.41, 5.74) is 2.36. The third kappa shape index (κ3) is 4.05. The van der Waals surface area contributed by atoms with E-state index >= 15 is 0 Å². The highest BCUT2D eigenvalue weighted by Gasteiger charge is 1.97. The zero-order chi connectivity index (χ0) is 11.1. The second-order valence-corrected chi connectivity index (χ2v) is 3.44. The minimum atomic E-state index is 0.450. The average molecular weight is 203 g/mol. The maximum absolute atomic E-state index is 5.56. The van der Waals surface area contributed by atoms with Crippen molar-refractivity contribution in [1.29, 1.82) is 0 Å². The third-order valence-electron chi connectivity index (χ3n) is 2.03. The number of ether oxygens (including phenoxy) is 1. The number of benzene rings is 1. The molecule has 1 rings (SSSR count). The molecule has 2 heteroatoms.